The molecule has 0 saturated heterocycles. The van der Waals surface area contributed by atoms with E-state index in [-0.39, 0.29) is 10.1 Å². The van der Waals surface area contributed by atoms with Gasteiger partial charge in [-0.25, -0.2) is 0 Å². The van der Waals surface area contributed by atoms with Crippen molar-refractivity contribution in [2.24, 2.45) is 0 Å². The number of para-hydroxylation sites is 1. The van der Waals surface area contributed by atoms with Crippen LogP contribution in [0.2, 0.25) is 0 Å². The molecule has 3 aromatic rings. The van der Waals surface area contributed by atoms with Gasteiger partial charge in [0.05, 0.1) is 21.1 Å². The lowest BCUT2D eigenvalue weighted by Gasteiger charge is -2.08. The van der Waals surface area contributed by atoms with E-state index in [1.54, 1.807) is 30.3 Å². The van der Waals surface area contributed by atoms with Crippen molar-refractivity contribution in [2.75, 3.05) is 0 Å². The summed E-state index contributed by atoms with van der Waals surface area (Å²) in [4.78, 5) is 10.3. The van der Waals surface area contributed by atoms with E-state index in [1.807, 2.05) is 0 Å². The zero-order chi connectivity index (χ0) is 18.0. The van der Waals surface area contributed by atoms with Crippen LogP contribution in [0.3, 0.4) is 0 Å². The number of rotatable bonds is 4. The Morgan fingerprint density at radius 3 is 2.48 bits per heavy atom. The van der Waals surface area contributed by atoms with Crippen molar-refractivity contribution < 1.29 is 18.1 Å². The fourth-order valence-corrected chi connectivity index (χ4v) is 2.87. The number of nitrogens with zero attached hydrogens (tertiary/aromatic N) is 5. The Morgan fingerprint density at radius 2 is 1.84 bits per heavy atom. The van der Waals surface area contributed by atoms with Crippen LogP contribution in [0.5, 0.6) is 0 Å². The molecule has 0 N–H and O–H groups in total. The first-order chi connectivity index (χ1) is 11.9. The van der Waals surface area contributed by atoms with Crippen molar-refractivity contribution in [2.45, 2.75) is 16.2 Å². The number of aromatic nitrogens is 4. The molecule has 3 rings (SSSR count). The molecule has 25 heavy (non-hydrogen) atoms. The van der Waals surface area contributed by atoms with Gasteiger partial charge in [-0.05, 0) is 46.5 Å². The summed E-state index contributed by atoms with van der Waals surface area (Å²) < 4.78 is 39.6. The molecule has 0 aliphatic carbocycles. The highest BCUT2D eigenvalue weighted by atomic mass is 32.2. The minimum absolute atomic E-state index is 0.00461. The normalized spacial score (nSPS) is 11.5. The SMILES string of the molecule is O=[N+]([O-])c1cc(C(F)(F)F)ccc1Sc1nnnn1-c1ccccc1. The zero-order valence-electron chi connectivity index (χ0n) is 12.2. The van der Waals surface area contributed by atoms with Crippen LogP contribution in [0.25, 0.3) is 5.69 Å². The summed E-state index contributed by atoms with van der Waals surface area (Å²) in [5, 5.41) is 22.4. The van der Waals surface area contributed by atoms with Crippen LogP contribution in [-0.2, 0) is 6.18 Å². The third-order valence-corrected chi connectivity index (χ3v) is 4.13. The fourth-order valence-electron chi connectivity index (χ4n) is 1.99. The number of hydrogen-bond acceptors (Lipinski definition) is 6. The molecule has 0 amide bonds. The van der Waals surface area contributed by atoms with E-state index >= 15 is 0 Å². The van der Waals surface area contributed by atoms with Gasteiger partial charge >= 0.3 is 6.18 Å². The Bertz CT molecular complexity index is 914. The molecule has 0 unspecified atom stereocenters. The van der Waals surface area contributed by atoms with Crippen LogP contribution >= 0.6 is 11.8 Å². The van der Waals surface area contributed by atoms with Crippen LogP contribution in [0.4, 0.5) is 18.9 Å². The summed E-state index contributed by atoms with van der Waals surface area (Å²) in [7, 11) is 0. The third kappa shape index (κ3) is 3.60. The number of nitro groups is 1. The Morgan fingerprint density at radius 1 is 1.12 bits per heavy atom. The van der Waals surface area contributed by atoms with Crippen molar-refractivity contribution in [3.8, 4) is 5.69 Å². The molecule has 1 aromatic heterocycles. The summed E-state index contributed by atoms with van der Waals surface area (Å²) in [5.41, 5.74) is -1.14. The fraction of sp³-hybridized carbons (Fsp3) is 0.0714. The highest BCUT2D eigenvalue weighted by Gasteiger charge is 2.33. The second-order valence-electron chi connectivity index (χ2n) is 4.75. The summed E-state index contributed by atoms with van der Waals surface area (Å²) >= 11 is 0.808. The average molecular weight is 367 g/mol. The van der Waals surface area contributed by atoms with Gasteiger partial charge in [-0.15, -0.1) is 5.10 Å². The van der Waals surface area contributed by atoms with Crippen LogP contribution in [-0.4, -0.2) is 25.1 Å². The molecular weight excluding hydrogens is 359 g/mol. The van der Waals surface area contributed by atoms with E-state index < -0.39 is 22.4 Å². The van der Waals surface area contributed by atoms with Gasteiger partial charge in [0.25, 0.3) is 5.69 Å². The molecule has 2 aromatic carbocycles. The van der Waals surface area contributed by atoms with Gasteiger partial charge in [0.15, 0.2) is 0 Å². The topological polar surface area (TPSA) is 86.7 Å². The minimum atomic E-state index is -4.67. The van der Waals surface area contributed by atoms with Gasteiger partial charge < -0.3 is 0 Å². The van der Waals surface area contributed by atoms with E-state index in [1.165, 1.54) is 4.68 Å². The smallest absolute Gasteiger partial charge is 0.258 e. The summed E-state index contributed by atoms with van der Waals surface area (Å²) in [5.74, 6) is 0. The number of tetrazole rings is 1. The third-order valence-electron chi connectivity index (χ3n) is 3.13. The Hall–Kier alpha value is -2.95. The second-order valence-corrected chi connectivity index (χ2v) is 5.76. The summed E-state index contributed by atoms with van der Waals surface area (Å²) in [6, 6.07) is 11.1. The van der Waals surface area contributed by atoms with E-state index in [2.05, 4.69) is 15.5 Å². The minimum Gasteiger partial charge on any atom is -0.258 e. The van der Waals surface area contributed by atoms with Crippen LogP contribution in [0.15, 0.2) is 58.6 Å². The predicted molar refractivity (Wildman–Crippen MR) is 81.4 cm³/mol. The highest BCUT2D eigenvalue weighted by Crippen LogP contribution is 2.38. The first kappa shape index (κ1) is 16.9. The lowest BCUT2D eigenvalue weighted by Crippen LogP contribution is -2.06. The Labute approximate surface area is 142 Å². The first-order valence-corrected chi connectivity index (χ1v) is 7.55. The molecule has 1 heterocycles. The van der Waals surface area contributed by atoms with Gasteiger partial charge in [-0.2, -0.15) is 17.9 Å². The van der Waals surface area contributed by atoms with Crippen molar-refractivity contribution in [1.82, 2.24) is 20.2 Å². The van der Waals surface area contributed by atoms with Gasteiger partial charge in [0.2, 0.25) is 5.16 Å². The van der Waals surface area contributed by atoms with Gasteiger partial charge in [0, 0.05) is 6.07 Å². The van der Waals surface area contributed by atoms with E-state index in [0.717, 1.165) is 23.9 Å². The van der Waals surface area contributed by atoms with Gasteiger partial charge in [0.1, 0.15) is 0 Å². The average Bonchev–Trinajstić information content (AvgIpc) is 3.03. The van der Waals surface area contributed by atoms with E-state index in [0.29, 0.717) is 11.8 Å². The molecule has 128 valence electrons. The number of nitro benzene ring substituents is 1. The van der Waals surface area contributed by atoms with Crippen LogP contribution in [0.1, 0.15) is 5.56 Å². The maximum atomic E-state index is 12.8. The molecule has 0 fully saturated rings. The van der Waals surface area contributed by atoms with E-state index in [4.69, 9.17) is 0 Å². The summed E-state index contributed by atoms with van der Waals surface area (Å²) in [6.45, 7) is 0. The number of halogens is 3. The largest absolute Gasteiger partial charge is 0.416 e. The van der Waals surface area contributed by atoms with Crippen molar-refractivity contribution in [3.63, 3.8) is 0 Å². The molecule has 7 nitrogen and oxygen atoms in total. The maximum Gasteiger partial charge on any atom is 0.416 e. The Balaban J connectivity index is 2.00. The molecule has 0 saturated carbocycles. The molecule has 0 bridgehead atoms. The van der Waals surface area contributed by atoms with Gasteiger partial charge in [-0.1, -0.05) is 18.2 Å². The summed E-state index contributed by atoms with van der Waals surface area (Å²) in [6.07, 6.45) is -4.67. The standard InChI is InChI=1S/C14H8F3N5O2S/c15-14(16,17)9-6-7-12(11(8-9)22(23)24)25-13-18-19-20-21(13)10-4-2-1-3-5-10/h1-8H. The quantitative estimate of drug-likeness (QED) is 0.516. The molecular formula is C14H8F3N5O2S. The molecule has 0 aliphatic rings. The highest BCUT2D eigenvalue weighted by molar-refractivity contribution is 7.99. The van der Waals surface area contributed by atoms with Gasteiger partial charge in [-0.3, -0.25) is 10.1 Å². The molecule has 0 aliphatic heterocycles. The second kappa shape index (κ2) is 6.51. The predicted octanol–water partition coefficient (Wildman–Crippen LogP) is 3.74. The van der Waals surface area contributed by atoms with E-state index in [9.17, 15) is 23.3 Å². The molecule has 0 spiro atoms. The lowest BCUT2D eigenvalue weighted by atomic mass is 10.2. The van der Waals surface area contributed by atoms with Crippen molar-refractivity contribution in [1.29, 1.82) is 0 Å². The van der Waals surface area contributed by atoms with Crippen LogP contribution in [0, 0.1) is 10.1 Å². The Kier molecular flexibility index (Phi) is 4.40. The number of benzene rings is 2. The maximum absolute atomic E-state index is 12.8. The van der Waals surface area contributed by atoms with Crippen molar-refractivity contribution in [3.05, 3.63) is 64.2 Å². The number of hydrogen-bond donors (Lipinski definition) is 0. The van der Waals surface area contributed by atoms with Crippen LogP contribution < -0.4 is 0 Å². The molecule has 11 heteroatoms. The molecule has 0 atom stereocenters. The lowest BCUT2D eigenvalue weighted by molar-refractivity contribution is -0.388. The number of alkyl halides is 3. The first-order valence-electron chi connectivity index (χ1n) is 6.73. The monoisotopic (exact) mass is 367 g/mol. The van der Waals surface area contributed by atoms with Crippen molar-refractivity contribution >= 4 is 17.4 Å². The molecule has 0 radical (unpaired) electrons. The zero-order valence-corrected chi connectivity index (χ0v) is 13.0.